The van der Waals surface area contributed by atoms with Crippen molar-refractivity contribution in [1.82, 2.24) is 10.2 Å². The largest absolute Gasteiger partial charge is 0.496 e. The van der Waals surface area contributed by atoms with Crippen LogP contribution in [0.2, 0.25) is 10.0 Å². The molecule has 0 aliphatic carbocycles. The summed E-state index contributed by atoms with van der Waals surface area (Å²) >= 11 is 12.2. The Bertz CT molecular complexity index is 946. The van der Waals surface area contributed by atoms with Gasteiger partial charge in [0.15, 0.2) is 6.61 Å². The van der Waals surface area contributed by atoms with Crippen LogP contribution in [0, 0.1) is 5.92 Å². The van der Waals surface area contributed by atoms with E-state index in [-0.39, 0.29) is 30.9 Å². The Labute approximate surface area is 204 Å². The summed E-state index contributed by atoms with van der Waals surface area (Å²) in [6.45, 7) is 6.08. The highest BCUT2D eigenvalue weighted by molar-refractivity contribution is 6.42. The third-order valence-electron chi connectivity index (χ3n) is 4.88. The summed E-state index contributed by atoms with van der Waals surface area (Å²) in [6.07, 6.45) is 0. The highest BCUT2D eigenvalue weighted by atomic mass is 35.5. The molecule has 0 aromatic heterocycles. The van der Waals surface area contributed by atoms with E-state index >= 15 is 0 Å². The Balaban J connectivity index is 2.21. The lowest BCUT2D eigenvalue weighted by molar-refractivity contribution is -0.142. The third-order valence-corrected chi connectivity index (χ3v) is 5.62. The Morgan fingerprint density at radius 3 is 2.09 bits per heavy atom. The number of benzene rings is 2. The van der Waals surface area contributed by atoms with Crippen molar-refractivity contribution in [2.75, 3.05) is 27.4 Å². The number of rotatable bonds is 11. The average Bonchev–Trinajstić information content (AvgIpc) is 2.80. The predicted molar refractivity (Wildman–Crippen MR) is 129 cm³/mol. The molecule has 0 aliphatic rings. The van der Waals surface area contributed by atoms with E-state index in [4.69, 9.17) is 37.4 Å². The van der Waals surface area contributed by atoms with E-state index in [1.807, 2.05) is 13.8 Å². The zero-order chi connectivity index (χ0) is 24.5. The lowest BCUT2D eigenvalue weighted by Gasteiger charge is -2.29. The van der Waals surface area contributed by atoms with Crippen molar-refractivity contribution in [1.29, 1.82) is 0 Å². The number of ether oxygens (including phenoxy) is 3. The number of amides is 2. The molecule has 0 bridgehead atoms. The van der Waals surface area contributed by atoms with Crippen molar-refractivity contribution in [3.8, 4) is 17.2 Å². The van der Waals surface area contributed by atoms with Crippen molar-refractivity contribution in [3.63, 3.8) is 0 Å². The average molecular weight is 497 g/mol. The number of halogens is 2. The monoisotopic (exact) mass is 496 g/mol. The summed E-state index contributed by atoms with van der Waals surface area (Å²) < 4.78 is 16.2. The molecule has 1 N–H and O–H groups in total. The molecule has 1 atom stereocenters. The van der Waals surface area contributed by atoms with Crippen LogP contribution in [0.15, 0.2) is 36.4 Å². The van der Waals surface area contributed by atoms with Crippen LogP contribution >= 0.6 is 23.2 Å². The van der Waals surface area contributed by atoms with Gasteiger partial charge in [-0.25, -0.2) is 0 Å². The van der Waals surface area contributed by atoms with Crippen LogP contribution < -0.4 is 19.5 Å². The smallest absolute Gasteiger partial charge is 0.261 e. The molecule has 2 aromatic carbocycles. The van der Waals surface area contributed by atoms with Crippen LogP contribution in [0.3, 0.4) is 0 Å². The topological polar surface area (TPSA) is 77.1 Å². The molecule has 0 unspecified atom stereocenters. The van der Waals surface area contributed by atoms with Crippen molar-refractivity contribution < 1.29 is 23.8 Å². The number of carbonyl (C=O) groups is 2. The van der Waals surface area contributed by atoms with Crippen molar-refractivity contribution >= 4 is 35.0 Å². The fraction of sp³-hybridized carbons (Fsp3) is 0.417. The van der Waals surface area contributed by atoms with E-state index in [9.17, 15) is 9.59 Å². The maximum atomic E-state index is 13.2. The molecule has 33 heavy (non-hydrogen) atoms. The Morgan fingerprint density at radius 1 is 0.939 bits per heavy atom. The molecule has 0 saturated heterocycles. The van der Waals surface area contributed by atoms with Crippen LogP contribution in [0.5, 0.6) is 17.2 Å². The van der Waals surface area contributed by atoms with Crippen LogP contribution in [0.4, 0.5) is 0 Å². The quantitative estimate of drug-likeness (QED) is 0.492. The van der Waals surface area contributed by atoms with Crippen molar-refractivity contribution in [3.05, 3.63) is 52.0 Å². The summed E-state index contributed by atoms with van der Waals surface area (Å²) in [4.78, 5) is 27.3. The molecule has 180 valence electrons. The molecule has 7 nitrogen and oxygen atoms in total. The summed E-state index contributed by atoms with van der Waals surface area (Å²) in [7, 11) is 3.06. The minimum atomic E-state index is -0.728. The SMILES string of the molecule is COc1cc(OC)cc(OCC(=O)N(Cc2ccc(Cl)c(Cl)c2)[C@H](C)C(=O)NCC(C)C)c1. The second-order valence-electron chi connectivity index (χ2n) is 7.92. The van der Waals surface area contributed by atoms with Gasteiger partial charge in [-0.3, -0.25) is 9.59 Å². The number of hydrogen-bond acceptors (Lipinski definition) is 5. The molecular weight excluding hydrogens is 467 g/mol. The first-order valence-electron chi connectivity index (χ1n) is 10.5. The van der Waals surface area contributed by atoms with Gasteiger partial charge in [0.1, 0.15) is 23.3 Å². The second kappa shape index (κ2) is 12.6. The standard InChI is InChI=1S/C24H30Cl2N2O5/c1-15(2)12-27-24(30)16(3)28(13-17-6-7-21(25)22(26)8-17)23(29)14-33-20-10-18(31-4)9-19(11-20)32-5/h6-11,15-16H,12-14H2,1-5H3,(H,27,30)/t16-/m1/s1. The van der Waals surface area contributed by atoms with Gasteiger partial charge in [-0.05, 0) is 30.5 Å². The second-order valence-corrected chi connectivity index (χ2v) is 8.74. The van der Waals surface area contributed by atoms with Gasteiger partial charge in [-0.1, -0.05) is 43.1 Å². The zero-order valence-corrected chi connectivity index (χ0v) is 21.0. The molecule has 0 fully saturated rings. The number of carbonyl (C=O) groups excluding carboxylic acids is 2. The van der Waals surface area contributed by atoms with Gasteiger partial charge < -0.3 is 24.4 Å². The summed E-state index contributed by atoms with van der Waals surface area (Å²) in [5.74, 6) is 1.14. The number of methoxy groups -OCH3 is 2. The first kappa shape index (κ1) is 26.6. The molecule has 9 heteroatoms. The third kappa shape index (κ3) is 8.02. The molecule has 0 saturated carbocycles. The molecule has 2 aromatic rings. The Morgan fingerprint density at radius 2 is 1.55 bits per heavy atom. The first-order valence-corrected chi connectivity index (χ1v) is 11.3. The van der Waals surface area contributed by atoms with Gasteiger partial charge >= 0.3 is 0 Å². The van der Waals surface area contributed by atoms with Gasteiger partial charge in [-0.2, -0.15) is 0 Å². The molecule has 2 rings (SSSR count). The maximum Gasteiger partial charge on any atom is 0.261 e. The van der Waals surface area contributed by atoms with Crippen LogP contribution in [-0.4, -0.2) is 50.1 Å². The number of hydrogen-bond donors (Lipinski definition) is 1. The fourth-order valence-corrected chi connectivity index (χ4v) is 3.28. The van der Waals surface area contributed by atoms with Crippen LogP contribution in [0.25, 0.3) is 0 Å². The highest BCUT2D eigenvalue weighted by Gasteiger charge is 2.27. The Hall–Kier alpha value is -2.64. The van der Waals surface area contributed by atoms with E-state index in [0.29, 0.717) is 33.8 Å². The van der Waals surface area contributed by atoms with Gasteiger partial charge in [0.05, 0.1) is 24.3 Å². The minimum Gasteiger partial charge on any atom is -0.496 e. The van der Waals surface area contributed by atoms with E-state index < -0.39 is 6.04 Å². The number of nitrogens with zero attached hydrogens (tertiary/aromatic N) is 1. The molecule has 0 heterocycles. The normalized spacial score (nSPS) is 11.6. The highest BCUT2D eigenvalue weighted by Crippen LogP contribution is 2.28. The molecule has 0 spiro atoms. The summed E-state index contributed by atoms with van der Waals surface area (Å²) in [6, 6.07) is 9.37. The van der Waals surface area contributed by atoms with E-state index in [1.54, 1.807) is 43.3 Å². The van der Waals surface area contributed by atoms with Gasteiger partial charge in [0, 0.05) is 31.3 Å². The zero-order valence-electron chi connectivity index (χ0n) is 19.5. The summed E-state index contributed by atoms with van der Waals surface area (Å²) in [5, 5.41) is 3.66. The van der Waals surface area contributed by atoms with Gasteiger partial charge in [0.2, 0.25) is 5.91 Å². The molecular formula is C24H30Cl2N2O5. The lowest BCUT2D eigenvalue weighted by atomic mass is 10.1. The van der Waals surface area contributed by atoms with Crippen LogP contribution in [0.1, 0.15) is 26.3 Å². The van der Waals surface area contributed by atoms with E-state index in [2.05, 4.69) is 5.32 Å². The summed E-state index contributed by atoms with van der Waals surface area (Å²) in [5.41, 5.74) is 0.740. The molecule has 0 aliphatic heterocycles. The number of nitrogens with one attached hydrogen (secondary N) is 1. The molecule has 2 amide bonds. The van der Waals surface area contributed by atoms with E-state index in [1.165, 1.54) is 19.1 Å². The Kier molecular flexibility index (Phi) is 10.1. The fourth-order valence-electron chi connectivity index (χ4n) is 2.96. The lowest BCUT2D eigenvalue weighted by Crippen LogP contribution is -2.49. The van der Waals surface area contributed by atoms with Gasteiger partial charge in [-0.15, -0.1) is 0 Å². The van der Waals surface area contributed by atoms with Crippen LogP contribution in [-0.2, 0) is 16.1 Å². The minimum absolute atomic E-state index is 0.163. The molecule has 0 radical (unpaired) electrons. The van der Waals surface area contributed by atoms with Crippen molar-refractivity contribution in [2.24, 2.45) is 5.92 Å². The van der Waals surface area contributed by atoms with Crippen molar-refractivity contribution in [2.45, 2.75) is 33.4 Å². The predicted octanol–water partition coefficient (Wildman–Crippen LogP) is 4.58. The van der Waals surface area contributed by atoms with E-state index in [0.717, 1.165) is 5.56 Å². The maximum absolute atomic E-state index is 13.2. The van der Waals surface area contributed by atoms with Gasteiger partial charge in [0.25, 0.3) is 5.91 Å². The first-order chi connectivity index (χ1) is 15.6.